The normalized spacial score (nSPS) is 14.3. The molecule has 0 aromatic heterocycles. The Labute approximate surface area is 203 Å². The van der Waals surface area contributed by atoms with E-state index in [0.29, 0.717) is 12.0 Å². The third kappa shape index (κ3) is 11.0. The largest absolute Gasteiger partial charge is 0.481 e. The fourth-order valence-corrected chi connectivity index (χ4v) is 3.22. The summed E-state index contributed by atoms with van der Waals surface area (Å²) in [7, 11) is 0. The van der Waals surface area contributed by atoms with Crippen LogP contribution in [0.2, 0.25) is 0 Å². The quantitative estimate of drug-likeness (QED) is 0.159. The van der Waals surface area contributed by atoms with Gasteiger partial charge in [0.25, 0.3) is 0 Å². The van der Waals surface area contributed by atoms with Crippen molar-refractivity contribution in [3.8, 4) is 0 Å². The summed E-state index contributed by atoms with van der Waals surface area (Å²) < 4.78 is 0. The van der Waals surface area contributed by atoms with Crippen LogP contribution in [0.15, 0.2) is 30.3 Å². The molecule has 0 aliphatic rings. The van der Waals surface area contributed by atoms with Crippen molar-refractivity contribution >= 4 is 29.7 Å². The van der Waals surface area contributed by atoms with E-state index in [0.717, 1.165) is 0 Å². The number of nitrogens with one attached hydrogen (secondary N) is 3. The van der Waals surface area contributed by atoms with E-state index < -0.39 is 66.9 Å². The van der Waals surface area contributed by atoms with Crippen LogP contribution >= 0.6 is 0 Å². The number of carboxylic acids is 2. The van der Waals surface area contributed by atoms with Gasteiger partial charge in [0.1, 0.15) is 18.1 Å². The molecule has 12 nitrogen and oxygen atoms in total. The van der Waals surface area contributed by atoms with E-state index in [4.69, 9.17) is 10.8 Å². The fourth-order valence-electron chi connectivity index (χ4n) is 3.22. The number of rotatable bonds is 15. The Morgan fingerprint density at radius 1 is 0.857 bits per heavy atom. The molecule has 194 valence electrons. The summed E-state index contributed by atoms with van der Waals surface area (Å²) in [5.41, 5.74) is 6.47. The van der Waals surface area contributed by atoms with Crippen LogP contribution in [0, 0.1) is 5.92 Å². The first-order valence-corrected chi connectivity index (χ1v) is 11.2. The van der Waals surface area contributed by atoms with Gasteiger partial charge in [-0.15, -0.1) is 0 Å². The van der Waals surface area contributed by atoms with Crippen LogP contribution in [0.3, 0.4) is 0 Å². The van der Waals surface area contributed by atoms with Gasteiger partial charge in [0.15, 0.2) is 0 Å². The predicted octanol–water partition coefficient (Wildman–Crippen LogP) is -1.00. The summed E-state index contributed by atoms with van der Waals surface area (Å²) in [6, 6.07) is 3.52. The molecule has 35 heavy (non-hydrogen) atoms. The molecular weight excluding hydrogens is 460 g/mol. The van der Waals surface area contributed by atoms with E-state index in [1.165, 1.54) is 0 Å². The van der Waals surface area contributed by atoms with Gasteiger partial charge in [-0.2, -0.15) is 0 Å². The van der Waals surface area contributed by atoms with Crippen LogP contribution in [0.1, 0.15) is 38.7 Å². The van der Waals surface area contributed by atoms with Gasteiger partial charge in [0.2, 0.25) is 17.7 Å². The van der Waals surface area contributed by atoms with Crippen molar-refractivity contribution in [3.05, 3.63) is 35.9 Å². The number of carbonyl (C=O) groups is 5. The first-order chi connectivity index (χ1) is 16.4. The summed E-state index contributed by atoms with van der Waals surface area (Å²) in [5, 5.41) is 34.8. The average Bonchev–Trinajstić information content (AvgIpc) is 2.79. The van der Waals surface area contributed by atoms with Gasteiger partial charge in [-0.3, -0.25) is 19.2 Å². The maximum Gasteiger partial charge on any atom is 0.326 e. The van der Waals surface area contributed by atoms with Crippen LogP contribution in [-0.2, 0) is 30.4 Å². The smallest absolute Gasteiger partial charge is 0.326 e. The topological polar surface area (TPSA) is 208 Å². The standard InChI is InChI=1S/C23H34N4O8/c1-13(2)10-15(24)20(31)27-18(12-28)22(33)26-17(11-14-6-4-3-5-7-14)21(32)25-16(23(34)35)8-9-19(29)30/h3-7,13,15-18,28H,8-12,24H2,1-2H3,(H,25,32)(H,26,33)(H,27,31)(H,29,30)(H,34,35). The third-order valence-electron chi connectivity index (χ3n) is 5.05. The maximum absolute atomic E-state index is 12.9. The number of hydrogen-bond acceptors (Lipinski definition) is 7. The molecule has 4 unspecified atom stereocenters. The molecular formula is C23H34N4O8. The first-order valence-electron chi connectivity index (χ1n) is 11.2. The maximum atomic E-state index is 12.9. The minimum absolute atomic E-state index is 0.0252. The summed E-state index contributed by atoms with van der Waals surface area (Å²) in [4.78, 5) is 60.3. The minimum atomic E-state index is -1.49. The van der Waals surface area contributed by atoms with Gasteiger partial charge < -0.3 is 37.0 Å². The van der Waals surface area contributed by atoms with Gasteiger partial charge in [0, 0.05) is 12.8 Å². The highest BCUT2D eigenvalue weighted by Crippen LogP contribution is 2.07. The number of nitrogens with two attached hydrogens (primary N) is 1. The molecule has 0 bridgehead atoms. The number of carboxylic acid groups (broad SMARTS) is 2. The molecule has 0 fully saturated rings. The van der Waals surface area contributed by atoms with Crippen molar-refractivity contribution in [2.75, 3.05) is 6.61 Å². The second-order valence-electron chi connectivity index (χ2n) is 8.56. The zero-order chi connectivity index (χ0) is 26.5. The number of aliphatic carboxylic acids is 2. The van der Waals surface area contributed by atoms with E-state index in [1.807, 2.05) is 13.8 Å². The van der Waals surface area contributed by atoms with Crippen molar-refractivity contribution < 1.29 is 39.3 Å². The molecule has 0 radical (unpaired) electrons. The van der Waals surface area contributed by atoms with E-state index in [9.17, 15) is 34.2 Å². The van der Waals surface area contributed by atoms with Crippen LogP contribution in [0.5, 0.6) is 0 Å². The monoisotopic (exact) mass is 494 g/mol. The van der Waals surface area contributed by atoms with Crippen molar-refractivity contribution in [2.24, 2.45) is 11.7 Å². The van der Waals surface area contributed by atoms with Crippen molar-refractivity contribution in [1.82, 2.24) is 16.0 Å². The second kappa shape index (κ2) is 14.7. The number of aliphatic hydroxyl groups is 1. The van der Waals surface area contributed by atoms with E-state index in [-0.39, 0.29) is 18.8 Å². The molecule has 0 spiro atoms. The lowest BCUT2D eigenvalue weighted by molar-refractivity contribution is -0.143. The third-order valence-corrected chi connectivity index (χ3v) is 5.05. The molecule has 0 aliphatic carbocycles. The van der Waals surface area contributed by atoms with E-state index in [1.54, 1.807) is 30.3 Å². The fraction of sp³-hybridized carbons (Fsp3) is 0.522. The molecule has 4 atom stereocenters. The zero-order valence-corrected chi connectivity index (χ0v) is 19.8. The van der Waals surface area contributed by atoms with Crippen LogP contribution in [0.25, 0.3) is 0 Å². The molecule has 12 heteroatoms. The Morgan fingerprint density at radius 3 is 1.91 bits per heavy atom. The number of aliphatic hydroxyl groups excluding tert-OH is 1. The summed E-state index contributed by atoms with van der Waals surface area (Å²) in [5.74, 6) is -4.90. The lowest BCUT2D eigenvalue weighted by atomic mass is 10.0. The highest BCUT2D eigenvalue weighted by molar-refractivity contribution is 5.94. The highest BCUT2D eigenvalue weighted by Gasteiger charge is 2.30. The van der Waals surface area contributed by atoms with Crippen molar-refractivity contribution in [1.29, 1.82) is 0 Å². The molecule has 1 rings (SSSR count). The SMILES string of the molecule is CC(C)CC(N)C(=O)NC(CO)C(=O)NC(Cc1ccccc1)C(=O)NC(CCC(=O)O)C(=O)O. The first kappa shape index (κ1) is 29.5. The van der Waals surface area contributed by atoms with Gasteiger partial charge in [-0.05, 0) is 24.3 Å². The highest BCUT2D eigenvalue weighted by atomic mass is 16.4. The molecule has 0 saturated carbocycles. The minimum Gasteiger partial charge on any atom is -0.481 e. The van der Waals surface area contributed by atoms with E-state index in [2.05, 4.69) is 16.0 Å². The predicted molar refractivity (Wildman–Crippen MR) is 125 cm³/mol. The number of amides is 3. The molecule has 0 heterocycles. The van der Waals surface area contributed by atoms with Gasteiger partial charge in [0.05, 0.1) is 12.6 Å². The molecule has 0 saturated heterocycles. The van der Waals surface area contributed by atoms with Crippen molar-refractivity contribution in [2.45, 2.75) is 63.7 Å². The zero-order valence-electron chi connectivity index (χ0n) is 19.8. The lowest BCUT2D eigenvalue weighted by Crippen LogP contribution is -2.58. The number of benzene rings is 1. The number of carbonyl (C=O) groups excluding carboxylic acids is 3. The average molecular weight is 495 g/mol. The summed E-state index contributed by atoms with van der Waals surface area (Å²) >= 11 is 0. The van der Waals surface area contributed by atoms with Crippen LogP contribution < -0.4 is 21.7 Å². The van der Waals surface area contributed by atoms with Crippen LogP contribution in [0.4, 0.5) is 0 Å². The molecule has 0 aliphatic heterocycles. The van der Waals surface area contributed by atoms with Crippen molar-refractivity contribution in [3.63, 3.8) is 0 Å². The molecule has 1 aromatic carbocycles. The Morgan fingerprint density at radius 2 is 1.40 bits per heavy atom. The number of hydrogen-bond donors (Lipinski definition) is 7. The van der Waals surface area contributed by atoms with E-state index >= 15 is 0 Å². The van der Waals surface area contributed by atoms with Gasteiger partial charge in [-0.1, -0.05) is 44.2 Å². The van der Waals surface area contributed by atoms with Gasteiger partial charge >= 0.3 is 11.9 Å². The molecule has 8 N–H and O–H groups in total. The summed E-state index contributed by atoms with van der Waals surface area (Å²) in [6.45, 7) is 2.98. The van der Waals surface area contributed by atoms with Crippen LogP contribution in [-0.4, -0.2) is 75.8 Å². The Hall–Kier alpha value is -3.51. The second-order valence-corrected chi connectivity index (χ2v) is 8.56. The lowest BCUT2D eigenvalue weighted by Gasteiger charge is -2.24. The van der Waals surface area contributed by atoms with Gasteiger partial charge in [-0.25, -0.2) is 4.79 Å². The Kier molecular flexibility index (Phi) is 12.4. The molecule has 3 amide bonds. The molecule has 1 aromatic rings. The Bertz CT molecular complexity index is 878. The summed E-state index contributed by atoms with van der Waals surface area (Å²) in [6.07, 6.45) is -0.506. The Balaban J connectivity index is 3.00.